The Morgan fingerprint density at radius 3 is 2.07 bits per heavy atom. The van der Waals surface area contributed by atoms with Crippen LogP contribution in [0.15, 0.2) is 140 Å². The molecule has 8 rings (SSSR count). The topological polar surface area (TPSA) is 24.3 Å². The summed E-state index contributed by atoms with van der Waals surface area (Å²) in [6.07, 6.45) is 0.0560. The first-order chi connectivity index (χ1) is 22.7. The zero-order valence-corrected chi connectivity index (χ0v) is 25.8. The van der Waals surface area contributed by atoms with E-state index in [1.165, 1.54) is 5.56 Å². The number of benzene rings is 5. The van der Waals surface area contributed by atoms with Crippen molar-refractivity contribution in [2.75, 3.05) is 16.5 Å². The number of anilines is 4. The van der Waals surface area contributed by atoms with Gasteiger partial charge in [-0.2, -0.15) is 0 Å². The lowest BCUT2D eigenvalue weighted by Gasteiger charge is -2.24. The molecule has 7 aromatic rings. The summed E-state index contributed by atoms with van der Waals surface area (Å²) in [5, 5.41) is 2.19. The molecule has 2 aromatic heterocycles. The van der Waals surface area contributed by atoms with E-state index < -0.39 is 6.37 Å². The van der Waals surface area contributed by atoms with E-state index in [2.05, 4.69) is 107 Å². The summed E-state index contributed by atoms with van der Waals surface area (Å²) in [4.78, 5) is 9.25. The molecule has 0 spiro atoms. The first kappa shape index (κ1) is 25.0. The molecule has 0 radical (unpaired) electrons. The summed E-state index contributed by atoms with van der Waals surface area (Å²) in [6, 6.07) is 45.4. The van der Waals surface area contributed by atoms with Crippen molar-refractivity contribution in [2.24, 2.45) is 0 Å². The highest BCUT2D eigenvalue weighted by Gasteiger charge is 2.28. The maximum absolute atomic E-state index is 9.46. The maximum Gasteiger partial charge on any atom is 0.137 e. The molecule has 1 aliphatic rings. The van der Waals surface area contributed by atoms with E-state index in [-0.39, 0.29) is 5.41 Å². The van der Waals surface area contributed by atoms with Crippen LogP contribution in [0.25, 0.3) is 27.6 Å². The quantitative estimate of drug-likeness (QED) is 0.201. The molecule has 0 atom stereocenters. The highest BCUT2D eigenvalue weighted by molar-refractivity contribution is 6.09. The smallest absolute Gasteiger partial charge is 0.137 e. The molecule has 4 heteroatoms. The van der Waals surface area contributed by atoms with Gasteiger partial charge in [0.25, 0.3) is 0 Å². The molecule has 5 aromatic carbocycles. The summed E-state index contributed by atoms with van der Waals surface area (Å²) in [5.41, 5.74) is 8.92. The Hall–Kier alpha value is -5.35. The van der Waals surface area contributed by atoms with Crippen LogP contribution in [-0.2, 0) is 11.8 Å². The van der Waals surface area contributed by atoms with Crippen molar-refractivity contribution in [3.8, 4) is 5.82 Å². The molecule has 0 N–H and O–H groups in total. The molecule has 220 valence electrons. The molecular weight excluding hydrogens is 548 g/mol. The van der Waals surface area contributed by atoms with Crippen LogP contribution >= 0.6 is 0 Å². The normalized spacial score (nSPS) is 14.1. The number of pyridine rings is 1. The molecule has 0 saturated heterocycles. The highest BCUT2D eigenvalue weighted by atomic mass is 15.4. The second-order valence-electron chi connectivity index (χ2n) is 12.7. The van der Waals surface area contributed by atoms with Gasteiger partial charge in [0.1, 0.15) is 12.5 Å². The SMILES string of the molecule is [2H]C([2H])(c1cccc(N2CN(c3ccc(C(C)(C)C)cc3)c3ccccc32)c1)c1ccc2c3ccccc3n(-c3ccccn3)c2c1. The monoisotopic (exact) mass is 586 g/mol. The maximum atomic E-state index is 9.46. The number of para-hydroxylation sites is 3. The number of aromatic nitrogens is 2. The minimum absolute atomic E-state index is 0.0898. The van der Waals surface area contributed by atoms with Gasteiger partial charge in [-0.05, 0) is 89.1 Å². The fourth-order valence-corrected chi connectivity index (χ4v) is 6.50. The van der Waals surface area contributed by atoms with Crippen LogP contribution < -0.4 is 9.80 Å². The summed E-state index contributed by atoms with van der Waals surface area (Å²) in [5.74, 6) is 0.809. The molecule has 0 fully saturated rings. The zero-order valence-electron chi connectivity index (χ0n) is 27.8. The van der Waals surface area contributed by atoms with Crippen molar-refractivity contribution in [1.82, 2.24) is 9.55 Å². The average molecular weight is 587 g/mol. The molecule has 1 aliphatic heterocycles. The Bertz CT molecular complexity index is 2250. The van der Waals surface area contributed by atoms with E-state index in [9.17, 15) is 2.74 Å². The predicted octanol–water partition coefficient (Wildman–Crippen LogP) is 10.3. The van der Waals surface area contributed by atoms with Gasteiger partial charge in [-0.3, -0.25) is 4.57 Å². The van der Waals surface area contributed by atoms with E-state index in [1.54, 1.807) is 6.20 Å². The van der Waals surface area contributed by atoms with Crippen LogP contribution in [0.4, 0.5) is 22.7 Å². The number of hydrogen-bond donors (Lipinski definition) is 0. The molecule has 0 bridgehead atoms. The van der Waals surface area contributed by atoms with Crippen molar-refractivity contribution in [3.63, 3.8) is 0 Å². The number of nitrogens with zero attached hydrogens (tertiary/aromatic N) is 4. The fourth-order valence-electron chi connectivity index (χ4n) is 6.50. The van der Waals surface area contributed by atoms with Gasteiger partial charge in [0.05, 0.1) is 22.4 Å². The Labute approximate surface area is 267 Å². The second kappa shape index (κ2) is 10.7. The van der Waals surface area contributed by atoms with Crippen molar-refractivity contribution >= 4 is 44.6 Å². The van der Waals surface area contributed by atoms with E-state index in [4.69, 9.17) is 0 Å². The first-order valence-corrected chi connectivity index (χ1v) is 15.5. The number of hydrogen-bond acceptors (Lipinski definition) is 3. The van der Waals surface area contributed by atoms with Crippen LogP contribution in [0.1, 0.15) is 40.2 Å². The Morgan fingerprint density at radius 2 is 1.31 bits per heavy atom. The minimum Gasteiger partial charge on any atom is -0.321 e. The first-order valence-electron chi connectivity index (χ1n) is 16.5. The third kappa shape index (κ3) is 4.83. The van der Waals surface area contributed by atoms with Crippen molar-refractivity contribution in [2.45, 2.75) is 32.6 Å². The van der Waals surface area contributed by atoms with Gasteiger partial charge in [0.15, 0.2) is 0 Å². The van der Waals surface area contributed by atoms with Gasteiger partial charge in [-0.25, -0.2) is 4.98 Å². The Morgan fingerprint density at radius 1 is 0.622 bits per heavy atom. The van der Waals surface area contributed by atoms with Crippen molar-refractivity contribution < 1.29 is 2.74 Å². The predicted molar refractivity (Wildman–Crippen MR) is 189 cm³/mol. The molecular formula is C41H36N4. The summed E-state index contributed by atoms with van der Waals surface area (Å²) in [6.45, 7) is 7.34. The fraction of sp³-hybridized carbons (Fsp3) is 0.146. The summed E-state index contributed by atoms with van der Waals surface area (Å²) in [7, 11) is 0. The Kier molecular flexibility index (Phi) is 5.93. The third-order valence-corrected chi connectivity index (χ3v) is 8.79. The van der Waals surface area contributed by atoms with E-state index in [0.29, 0.717) is 17.8 Å². The lowest BCUT2D eigenvalue weighted by Crippen LogP contribution is -2.24. The Balaban J connectivity index is 1.18. The summed E-state index contributed by atoms with van der Waals surface area (Å²) >= 11 is 0. The lowest BCUT2D eigenvalue weighted by molar-refractivity contribution is 0.590. The third-order valence-electron chi connectivity index (χ3n) is 8.79. The van der Waals surface area contributed by atoms with E-state index in [0.717, 1.165) is 50.4 Å². The molecule has 0 unspecified atom stereocenters. The van der Waals surface area contributed by atoms with Gasteiger partial charge >= 0.3 is 0 Å². The number of rotatable bonds is 5. The van der Waals surface area contributed by atoms with Crippen LogP contribution in [0.3, 0.4) is 0 Å². The second-order valence-corrected chi connectivity index (χ2v) is 12.7. The standard InChI is InChI=1S/C41H36N4/c1-41(2,3)31-19-21-32(22-20-31)43-28-44(38-16-7-6-15-37(38)43)33-12-10-11-29(26-33)25-30-18-23-35-34-13-4-5-14-36(34)45(39(35)27-30)40-17-8-9-24-42-40/h4-24,26-27H,25,28H2,1-3H3/i25D2. The average Bonchev–Trinajstić information content (AvgIpc) is 3.65. The lowest BCUT2D eigenvalue weighted by atomic mass is 9.87. The van der Waals surface area contributed by atoms with Crippen LogP contribution in [-0.4, -0.2) is 16.2 Å². The molecule has 45 heavy (non-hydrogen) atoms. The molecule has 0 saturated carbocycles. The highest BCUT2D eigenvalue weighted by Crippen LogP contribution is 2.44. The largest absolute Gasteiger partial charge is 0.321 e. The van der Waals surface area contributed by atoms with E-state index >= 15 is 0 Å². The van der Waals surface area contributed by atoms with Gasteiger partial charge < -0.3 is 9.80 Å². The van der Waals surface area contributed by atoms with Crippen LogP contribution in [0.2, 0.25) is 0 Å². The van der Waals surface area contributed by atoms with Crippen LogP contribution in [0, 0.1) is 0 Å². The van der Waals surface area contributed by atoms with Gasteiger partial charge in [-0.15, -0.1) is 0 Å². The minimum atomic E-state index is -1.74. The van der Waals surface area contributed by atoms with Gasteiger partial charge in [0, 0.05) is 31.1 Å². The zero-order chi connectivity index (χ0) is 32.3. The van der Waals surface area contributed by atoms with Crippen molar-refractivity contribution in [3.05, 3.63) is 156 Å². The van der Waals surface area contributed by atoms with Gasteiger partial charge in [-0.1, -0.05) is 93.6 Å². The summed E-state index contributed by atoms with van der Waals surface area (Å²) < 4.78 is 21.1. The molecule has 0 amide bonds. The molecule has 0 aliphatic carbocycles. The van der Waals surface area contributed by atoms with Gasteiger partial charge in [0.2, 0.25) is 0 Å². The van der Waals surface area contributed by atoms with Crippen molar-refractivity contribution in [1.29, 1.82) is 0 Å². The van der Waals surface area contributed by atoms with E-state index in [1.807, 2.05) is 66.7 Å². The molecule has 3 heterocycles. The van der Waals surface area contributed by atoms with Crippen LogP contribution in [0.5, 0.6) is 0 Å². The molecule has 4 nitrogen and oxygen atoms in total. The number of fused-ring (bicyclic) bond motifs is 4.